The van der Waals surface area contributed by atoms with E-state index >= 15 is 0 Å². The number of ether oxygens (including phenoxy) is 1. The Morgan fingerprint density at radius 3 is 2.50 bits per heavy atom. The summed E-state index contributed by atoms with van der Waals surface area (Å²) in [5.74, 6) is 0.827. The summed E-state index contributed by atoms with van der Waals surface area (Å²) in [7, 11) is 0. The maximum atomic E-state index is 5.80. The van der Waals surface area contributed by atoms with Gasteiger partial charge in [-0.2, -0.15) is 0 Å². The lowest BCUT2D eigenvalue weighted by atomic mass is 10.3. The van der Waals surface area contributed by atoms with Crippen LogP contribution in [0, 0.1) is 0 Å². The maximum Gasteiger partial charge on any atom is 0.119 e. The highest BCUT2D eigenvalue weighted by Gasteiger charge is 1.97. The van der Waals surface area contributed by atoms with Gasteiger partial charge in [-0.3, -0.25) is 0 Å². The van der Waals surface area contributed by atoms with Crippen molar-refractivity contribution in [2.75, 3.05) is 18.5 Å². The molecule has 18 heavy (non-hydrogen) atoms. The normalized spacial score (nSPS) is 10.1. The van der Waals surface area contributed by atoms with E-state index in [4.69, 9.17) is 16.3 Å². The molecule has 4 heteroatoms. The zero-order valence-electron chi connectivity index (χ0n) is 9.70. The molecule has 0 aliphatic heterocycles. The number of benzene rings is 2. The maximum absolute atomic E-state index is 5.80. The molecular weight excluding hydrogens is 314 g/mol. The molecule has 0 bridgehead atoms. The topological polar surface area (TPSA) is 21.3 Å². The van der Waals surface area contributed by atoms with Crippen molar-refractivity contribution in [2.45, 2.75) is 0 Å². The molecule has 0 aromatic heterocycles. The third-order valence-electron chi connectivity index (χ3n) is 2.37. The first kappa shape index (κ1) is 13.2. The van der Waals surface area contributed by atoms with Gasteiger partial charge in [0.05, 0.1) is 0 Å². The SMILES string of the molecule is Clc1ccc(OCCNc2ccccc2Br)cc1. The number of nitrogens with one attached hydrogen (secondary N) is 1. The molecule has 0 unspecified atom stereocenters. The van der Waals surface area contributed by atoms with Crippen molar-refractivity contribution in [3.63, 3.8) is 0 Å². The van der Waals surface area contributed by atoms with E-state index in [0.29, 0.717) is 11.6 Å². The second-order valence-corrected chi connectivity index (χ2v) is 5.00. The molecule has 0 saturated carbocycles. The highest BCUT2D eigenvalue weighted by atomic mass is 79.9. The van der Waals surface area contributed by atoms with E-state index in [1.165, 1.54) is 0 Å². The molecular formula is C14H13BrClNO. The first-order valence-corrected chi connectivity index (χ1v) is 6.79. The van der Waals surface area contributed by atoms with Gasteiger partial charge >= 0.3 is 0 Å². The van der Waals surface area contributed by atoms with E-state index in [1.54, 1.807) is 0 Å². The van der Waals surface area contributed by atoms with Gasteiger partial charge in [0.15, 0.2) is 0 Å². The van der Waals surface area contributed by atoms with Crippen molar-refractivity contribution in [1.29, 1.82) is 0 Å². The number of hydrogen-bond acceptors (Lipinski definition) is 2. The van der Waals surface area contributed by atoms with Gasteiger partial charge in [-0.15, -0.1) is 0 Å². The third kappa shape index (κ3) is 3.93. The van der Waals surface area contributed by atoms with E-state index in [1.807, 2.05) is 48.5 Å². The van der Waals surface area contributed by atoms with Crippen molar-refractivity contribution in [3.8, 4) is 5.75 Å². The third-order valence-corrected chi connectivity index (χ3v) is 3.32. The summed E-state index contributed by atoms with van der Waals surface area (Å²) in [6.07, 6.45) is 0. The van der Waals surface area contributed by atoms with Gasteiger partial charge < -0.3 is 10.1 Å². The Labute approximate surface area is 120 Å². The predicted molar refractivity (Wildman–Crippen MR) is 79.6 cm³/mol. The molecule has 2 aromatic rings. The summed E-state index contributed by atoms with van der Waals surface area (Å²) in [5.41, 5.74) is 1.07. The van der Waals surface area contributed by atoms with Crippen LogP contribution in [0.25, 0.3) is 0 Å². The van der Waals surface area contributed by atoms with Crippen molar-refractivity contribution in [3.05, 3.63) is 58.0 Å². The molecule has 0 saturated heterocycles. The molecule has 1 N–H and O–H groups in total. The first-order valence-electron chi connectivity index (χ1n) is 5.62. The number of anilines is 1. The number of halogens is 2. The Bertz CT molecular complexity index is 501. The lowest BCUT2D eigenvalue weighted by Gasteiger charge is -2.09. The van der Waals surface area contributed by atoms with Gasteiger partial charge in [-0.1, -0.05) is 23.7 Å². The lowest BCUT2D eigenvalue weighted by molar-refractivity contribution is 0.333. The Hall–Kier alpha value is -1.19. The quantitative estimate of drug-likeness (QED) is 0.811. The Morgan fingerprint density at radius 1 is 1.06 bits per heavy atom. The van der Waals surface area contributed by atoms with Gasteiger partial charge in [0.25, 0.3) is 0 Å². The number of para-hydroxylation sites is 1. The Balaban J connectivity index is 1.76. The van der Waals surface area contributed by atoms with Crippen molar-refractivity contribution in [1.82, 2.24) is 0 Å². The molecule has 0 heterocycles. The molecule has 94 valence electrons. The van der Waals surface area contributed by atoms with Crippen LogP contribution in [0.15, 0.2) is 53.0 Å². The monoisotopic (exact) mass is 325 g/mol. The van der Waals surface area contributed by atoms with Crippen LogP contribution in [0.5, 0.6) is 5.75 Å². The number of rotatable bonds is 5. The fourth-order valence-corrected chi connectivity index (χ4v) is 2.04. The van der Waals surface area contributed by atoms with Crippen molar-refractivity contribution in [2.24, 2.45) is 0 Å². The van der Waals surface area contributed by atoms with E-state index in [2.05, 4.69) is 21.2 Å². The average Bonchev–Trinajstić information content (AvgIpc) is 2.39. The molecule has 2 rings (SSSR count). The van der Waals surface area contributed by atoms with Crippen LogP contribution in [0.1, 0.15) is 0 Å². The minimum Gasteiger partial charge on any atom is -0.492 e. The molecule has 0 aliphatic carbocycles. The minimum absolute atomic E-state index is 0.600. The molecule has 2 aromatic carbocycles. The lowest BCUT2D eigenvalue weighted by Crippen LogP contribution is -2.11. The van der Waals surface area contributed by atoms with Gasteiger partial charge in [-0.05, 0) is 52.3 Å². The van der Waals surface area contributed by atoms with Crippen LogP contribution < -0.4 is 10.1 Å². The zero-order valence-corrected chi connectivity index (χ0v) is 12.0. The van der Waals surface area contributed by atoms with E-state index in [-0.39, 0.29) is 0 Å². The van der Waals surface area contributed by atoms with Crippen LogP contribution in [-0.4, -0.2) is 13.2 Å². The fourth-order valence-electron chi connectivity index (χ4n) is 1.49. The summed E-state index contributed by atoms with van der Waals surface area (Å²) >= 11 is 9.28. The largest absolute Gasteiger partial charge is 0.492 e. The van der Waals surface area contributed by atoms with Crippen LogP contribution in [0.2, 0.25) is 5.02 Å². The first-order chi connectivity index (χ1) is 8.75. The Morgan fingerprint density at radius 2 is 1.78 bits per heavy atom. The van der Waals surface area contributed by atoms with Gasteiger partial charge in [-0.25, -0.2) is 0 Å². The van der Waals surface area contributed by atoms with Crippen molar-refractivity contribution < 1.29 is 4.74 Å². The van der Waals surface area contributed by atoms with Crippen LogP contribution in [0.4, 0.5) is 5.69 Å². The highest BCUT2D eigenvalue weighted by molar-refractivity contribution is 9.10. The van der Waals surface area contributed by atoms with Gasteiger partial charge in [0.2, 0.25) is 0 Å². The highest BCUT2D eigenvalue weighted by Crippen LogP contribution is 2.21. The molecule has 0 atom stereocenters. The second kappa shape index (κ2) is 6.66. The van der Waals surface area contributed by atoms with Crippen LogP contribution >= 0.6 is 27.5 Å². The van der Waals surface area contributed by atoms with Gasteiger partial charge in [0, 0.05) is 21.7 Å². The zero-order chi connectivity index (χ0) is 12.8. The summed E-state index contributed by atoms with van der Waals surface area (Å²) in [6, 6.07) is 15.4. The average molecular weight is 327 g/mol. The molecule has 2 nitrogen and oxygen atoms in total. The molecule has 0 spiro atoms. The van der Waals surface area contributed by atoms with E-state index in [9.17, 15) is 0 Å². The van der Waals surface area contributed by atoms with Crippen molar-refractivity contribution >= 4 is 33.2 Å². The molecule has 0 aliphatic rings. The predicted octanol–water partition coefficient (Wildman–Crippen LogP) is 4.59. The summed E-state index contributed by atoms with van der Waals surface area (Å²) in [4.78, 5) is 0. The van der Waals surface area contributed by atoms with Crippen LogP contribution in [0.3, 0.4) is 0 Å². The second-order valence-electron chi connectivity index (χ2n) is 3.71. The molecule has 0 radical (unpaired) electrons. The van der Waals surface area contributed by atoms with Crippen LogP contribution in [-0.2, 0) is 0 Å². The summed E-state index contributed by atoms with van der Waals surface area (Å²) < 4.78 is 6.64. The van der Waals surface area contributed by atoms with E-state index < -0.39 is 0 Å². The smallest absolute Gasteiger partial charge is 0.119 e. The van der Waals surface area contributed by atoms with E-state index in [0.717, 1.165) is 22.5 Å². The summed E-state index contributed by atoms with van der Waals surface area (Å²) in [5, 5.41) is 4.01. The van der Waals surface area contributed by atoms with Gasteiger partial charge in [0.1, 0.15) is 12.4 Å². The molecule has 0 amide bonds. The molecule has 0 fully saturated rings. The number of hydrogen-bond donors (Lipinski definition) is 1. The summed E-state index contributed by atoms with van der Waals surface area (Å²) in [6.45, 7) is 1.34. The minimum atomic E-state index is 0.600. The Kier molecular flexibility index (Phi) is 4.90. The standard InChI is InChI=1S/C14H13BrClNO/c15-13-3-1-2-4-14(13)17-9-10-18-12-7-5-11(16)6-8-12/h1-8,17H,9-10H2. The fraction of sp³-hybridized carbons (Fsp3) is 0.143.